The second kappa shape index (κ2) is 7.49. The van der Waals surface area contributed by atoms with Gasteiger partial charge in [-0.05, 0) is 30.0 Å². The van der Waals surface area contributed by atoms with Crippen molar-refractivity contribution in [3.63, 3.8) is 0 Å². The highest BCUT2D eigenvalue weighted by atomic mass is 31.2. The summed E-state index contributed by atoms with van der Waals surface area (Å²) in [5.41, 5.74) is 5.80. The molecule has 0 unspecified atom stereocenters. The third-order valence-electron chi connectivity index (χ3n) is 3.54. The number of benzene rings is 1. The summed E-state index contributed by atoms with van der Waals surface area (Å²) >= 11 is 0. The van der Waals surface area contributed by atoms with Gasteiger partial charge in [-0.2, -0.15) is 0 Å². The first-order valence-electron chi connectivity index (χ1n) is 7.73. The summed E-state index contributed by atoms with van der Waals surface area (Å²) in [5, 5.41) is 3.04. The summed E-state index contributed by atoms with van der Waals surface area (Å²) in [4.78, 5) is 42.0. The van der Waals surface area contributed by atoms with Gasteiger partial charge in [0.2, 0.25) is 5.91 Å². The number of anilines is 1. The lowest BCUT2D eigenvalue weighted by atomic mass is 10.0. The second-order valence-corrected chi connectivity index (χ2v) is 8.00. The fourth-order valence-electron chi connectivity index (χ4n) is 2.51. The molecule has 25 heavy (non-hydrogen) atoms. The Bertz CT molecular complexity index is 886. The van der Waals surface area contributed by atoms with E-state index in [-0.39, 0.29) is 23.0 Å². The van der Waals surface area contributed by atoms with Crippen molar-refractivity contribution in [2.45, 2.75) is 32.5 Å². The maximum atomic E-state index is 12.1. The van der Waals surface area contributed by atoms with Gasteiger partial charge in [0, 0.05) is 23.2 Å². The van der Waals surface area contributed by atoms with Crippen molar-refractivity contribution in [2.24, 2.45) is 11.7 Å². The van der Waals surface area contributed by atoms with E-state index in [1.807, 2.05) is 13.8 Å². The van der Waals surface area contributed by atoms with Crippen molar-refractivity contribution >= 4 is 30.2 Å². The van der Waals surface area contributed by atoms with Crippen LogP contribution in [0.3, 0.4) is 0 Å². The number of hydrogen-bond donors (Lipinski definition) is 4. The zero-order valence-electron chi connectivity index (χ0n) is 13.9. The van der Waals surface area contributed by atoms with Gasteiger partial charge >= 0.3 is 13.2 Å². The minimum absolute atomic E-state index is 0.131. The minimum atomic E-state index is -4.34. The van der Waals surface area contributed by atoms with Crippen molar-refractivity contribution in [1.29, 1.82) is 0 Å². The van der Waals surface area contributed by atoms with Crippen LogP contribution in [0.4, 0.5) is 5.69 Å². The molecular formula is C16H21N2O6P. The topological polar surface area (TPSA) is 143 Å². The van der Waals surface area contributed by atoms with Gasteiger partial charge in [-0.3, -0.25) is 9.36 Å². The van der Waals surface area contributed by atoms with Gasteiger partial charge in [-0.1, -0.05) is 13.8 Å². The Morgan fingerprint density at radius 2 is 2.00 bits per heavy atom. The molecule has 0 saturated carbocycles. The zero-order chi connectivity index (χ0) is 18.8. The van der Waals surface area contributed by atoms with Crippen molar-refractivity contribution in [1.82, 2.24) is 0 Å². The molecule has 1 atom stereocenters. The standard InChI is InChI=1S/C16H21N2O6P/c1-9(2)5-13(17)16(20)18-11-3-4-12-10(8-25(21,22)23)6-15(19)24-14(12)7-11/h3-4,6-7,9,13H,5,8,17H2,1-2H3,(H,18,20)(H2,21,22,23)/t13-/m1/s1. The molecule has 2 aromatic rings. The summed E-state index contributed by atoms with van der Waals surface area (Å²) in [6, 6.07) is 4.92. The molecule has 0 aliphatic rings. The summed E-state index contributed by atoms with van der Waals surface area (Å²) < 4.78 is 16.3. The van der Waals surface area contributed by atoms with E-state index in [1.165, 1.54) is 12.1 Å². The number of rotatable bonds is 6. The molecule has 136 valence electrons. The molecule has 0 bridgehead atoms. The number of fused-ring (bicyclic) bond motifs is 1. The van der Waals surface area contributed by atoms with Crippen molar-refractivity contribution in [2.75, 3.05) is 5.32 Å². The van der Waals surface area contributed by atoms with Gasteiger partial charge in [0.05, 0.1) is 12.2 Å². The SMILES string of the molecule is CC(C)C[C@@H](N)C(=O)Nc1ccc2c(CP(=O)(O)O)cc(=O)oc2c1. The number of carbonyl (C=O) groups excluding carboxylic acids is 1. The average Bonchev–Trinajstić information content (AvgIpc) is 2.44. The molecule has 0 aliphatic carbocycles. The molecule has 0 spiro atoms. The minimum Gasteiger partial charge on any atom is -0.423 e. The molecule has 9 heteroatoms. The molecule has 2 rings (SSSR count). The molecule has 0 radical (unpaired) electrons. The maximum absolute atomic E-state index is 12.1. The van der Waals surface area contributed by atoms with Crippen LogP contribution in [0.1, 0.15) is 25.8 Å². The first-order chi connectivity index (χ1) is 11.5. The third-order valence-corrected chi connectivity index (χ3v) is 4.29. The number of nitrogens with two attached hydrogens (primary N) is 1. The molecule has 1 heterocycles. The van der Waals surface area contributed by atoms with E-state index in [0.717, 1.165) is 6.07 Å². The summed E-state index contributed by atoms with van der Waals surface area (Å²) in [6.45, 7) is 3.92. The van der Waals surface area contributed by atoms with Crippen LogP contribution in [-0.2, 0) is 15.5 Å². The van der Waals surface area contributed by atoms with Crippen LogP contribution in [-0.4, -0.2) is 21.7 Å². The number of amides is 1. The summed E-state index contributed by atoms with van der Waals surface area (Å²) in [7, 11) is -4.34. The molecule has 0 fully saturated rings. The van der Waals surface area contributed by atoms with E-state index in [9.17, 15) is 14.2 Å². The normalized spacial score (nSPS) is 13.2. The molecule has 8 nitrogen and oxygen atoms in total. The van der Waals surface area contributed by atoms with Crippen LogP contribution in [0.2, 0.25) is 0 Å². The number of hydrogen-bond acceptors (Lipinski definition) is 5. The smallest absolute Gasteiger partial charge is 0.336 e. The largest absolute Gasteiger partial charge is 0.423 e. The quantitative estimate of drug-likeness (QED) is 0.449. The second-order valence-electron chi connectivity index (χ2n) is 6.35. The van der Waals surface area contributed by atoms with Gasteiger partial charge in [0.25, 0.3) is 0 Å². The molecule has 0 aliphatic heterocycles. The van der Waals surface area contributed by atoms with Gasteiger partial charge in [-0.15, -0.1) is 0 Å². The lowest BCUT2D eigenvalue weighted by Gasteiger charge is -2.14. The van der Waals surface area contributed by atoms with Crippen LogP contribution >= 0.6 is 7.60 Å². The van der Waals surface area contributed by atoms with Crippen molar-refractivity contribution in [3.8, 4) is 0 Å². The van der Waals surface area contributed by atoms with Crippen LogP contribution in [0, 0.1) is 5.92 Å². The molecule has 5 N–H and O–H groups in total. The monoisotopic (exact) mass is 368 g/mol. The molecule has 1 amide bonds. The fourth-order valence-corrected chi connectivity index (χ4v) is 3.22. The first-order valence-corrected chi connectivity index (χ1v) is 9.53. The Hall–Kier alpha value is -1.99. The molecule has 1 aromatic heterocycles. The third kappa shape index (κ3) is 5.51. The van der Waals surface area contributed by atoms with E-state index >= 15 is 0 Å². The molecular weight excluding hydrogens is 347 g/mol. The Morgan fingerprint density at radius 1 is 1.32 bits per heavy atom. The van der Waals surface area contributed by atoms with E-state index in [0.29, 0.717) is 17.5 Å². The summed E-state index contributed by atoms with van der Waals surface area (Å²) in [6.07, 6.45) is -0.0407. The van der Waals surface area contributed by atoms with Crippen molar-refractivity contribution < 1.29 is 23.6 Å². The predicted molar refractivity (Wildman–Crippen MR) is 94.3 cm³/mol. The number of carbonyl (C=O) groups is 1. The van der Waals surface area contributed by atoms with Gasteiger partial charge in [0.15, 0.2) is 0 Å². The Labute approximate surface area is 144 Å². The van der Waals surface area contributed by atoms with Gasteiger partial charge < -0.3 is 25.3 Å². The Kier molecular flexibility index (Phi) is 5.80. The van der Waals surface area contributed by atoms with Crippen LogP contribution in [0.25, 0.3) is 11.0 Å². The van der Waals surface area contributed by atoms with E-state index in [1.54, 1.807) is 6.07 Å². The zero-order valence-corrected chi connectivity index (χ0v) is 14.8. The predicted octanol–water partition coefficient (Wildman–Crippen LogP) is 1.78. The van der Waals surface area contributed by atoms with E-state index in [4.69, 9.17) is 19.9 Å². The first kappa shape index (κ1) is 19.3. The van der Waals surface area contributed by atoms with Crippen molar-refractivity contribution in [3.05, 3.63) is 40.2 Å². The lowest BCUT2D eigenvalue weighted by molar-refractivity contribution is -0.117. The maximum Gasteiger partial charge on any atom is 0.336 e. The number of nitrogens with one attached hydrogen (secondary N) is 1. The highest BCUT2D eigenvalue weighted by Gasteiger charge is 2.19. The van der Waals surface area contributed by atoms with Gasteiger partial charge in [0.1, 0.15) is 5.58 Å². The van der Waals surface area contributed by atoms with E-state index < -0.39 is 25.4 Å². The van der Waals surface area contributed by atoms with E-state index in [2.05, 4.69) is 5.32 Å². The Morgan fingerprint density at radius 3 is 2.60 bits per heavy atom. The summed E-state index contributed by atoms with van der Waals surface area (Å²) in [5.74, 6) is -0.0904. The fraction of sp³-hybridized carbons (Fsp3) is 0.375. The average molecular weight is 368 g/mol. The molecule has 0 saturated heterocycles. The van der Waals surface area contributed by atoms with Crippen LogP contribution in [0.15, 0.2) is 33.5 Å². The Balaban J connectivity index is 2.32. The van der Waals surface area contributed by atoms with Crippen LogP contribution in [0.5, 0.6) is 0 Å². The van der Waals surface area contributed by atoms with Crippen LogP contribution < -0.4 is 16.7 Å². The highest BCUT2D eigenvalue weighted by Crippen LogP contribution is 2.40. The lowest BCUT2D eigenvalue weighted by Crippen LogP contribution is -2.36. The molecule has 1 aromatic carbocycles. The highest BCUT2D eigenvalue weighted by molar-refractivity contribution is 7.50. The van der Waals surface area contributed by atoms with Gasteiger partial charge in [-0.25, -0.2) is 4.79 Å².